The fourth-order valence-electron chi connectivity index (χ4n) is 6.78. The summed E-state index contributed by atoms with van der Waals surface area (Å²) in [5.41, 5.74) is 4.21. The number of unbranched alkanes of at least 4 members (excludes halogenated alkanes) is 18. The van der Waals surface area contributed by atoms with Crippen LogP contribution in [0.3, 0.4) is 0 Å². The molecule has 0 saturated carbocycles. The molecule has 2 nitrogen and oxygen atoms in total. The second-order valence-electron chi connectivity index (χ2n) is 14.0. The Morgan fingerprint density at radius 3 is 1.28 bits per heavy atom. The minimum atomic E-state index is 0.204. The molecule has 46 heavy (non-hydrogen) atoms. The molecule has 2 atom stereocenters. The van der Waals surface area contributed by atoms with E-state index in [1.54, 1.807) is 0 Å². The SMILES string of the molecule is CCCCCCCCCCCCCCCCCCCCCC([CH]C(C)c1ccc(C(=O)CC)cc1)Cc1ccc(C(=O)CC)cc1. The summed E-state index contributed by atoms with van der Waals surface area (Å²) in [5.74, 6) is 1.24. The van der Waals surface area contributed by atoms with Gasteiger partial charge < -0.3 is 0 Å². The Morgan fingerprint density at radius 1 is 0.522 bits per heavy atom. The molecule has 0 spiro atoms. The van der Waals surface area contributed by atoms with Gasteiger partial charge in [-0.3, -0.25) is 9.59 Å². The number of rotatable bonds is 29. The molecule has 0 aliphatic carbocycles. The van der Waals surface area contributed by atoms with Gasteiger partial charge in [-0.15, -0.1) is 0 Å². The van der Waals surface area contributed by atoms with Crippen molar-refractivity contribution in [2.75, 3.05) is 0 Å². The van der Waals surface area contributed by atoms with Gasteiger partial charge in [0.25, 0.3) is 0 Å². The summed E-state index contributed by atoms with van der Waals surface area (Å²) < 4.78 is 0. The lowest BCUT2D eigenvalue weighted by atomic mass is 9.83. The van der Waals surface area contributed by atoms with E-state index in [1.807, 2.05) is 38.1 Å². The Bertz CT molecular complexity index is 1030. The molecule has 2 unspecified atom stereocenters. The van der Waals surface area contributed by atoms with Crippen LogP contribution < -0.4 is 0 Å². The molecule has 2 aromatic rings. The lowest BCUT2D eigenvalue weighted by molar-refractivity contribution is 0.0980. The molecule has 257 valence electrons. The number of benzene rings is 2. The molecule has 0 aromatic heterocycles. The van der Waals surface area contributed by atoms with Crippen molar-refractivity contribution in [2.45, 2.75) is 181 Å². The van der Waals surface area contributed by atoms with Crippen LogP contribution >= 0.6 is 0 Å². The van der Waals surface area contributed by atoms with Crippen molar-refractivity contribution in [1.29, 1.82) is 0 Å². The lowest BCUT2D eigenvalue weighted by Gasteiger charge is -2.22. The number of carbonyl (C=O) groups is 2. The summed E-state index contributed by atoms with van der Waals surface area (Å²) in [6.45, 7) is 8.42. The smallest absolute Gasteiger partial charge is 0.162 e. The van der Waals surface area contributed by atoms with E-state index < -0.39 is 0 Å². The minimum absolute atomic E-state index is 0.204. The van der Waals surface area contributed by atoms with Gasteiger partial charge in [-0.25, -0.2) is 0 Å². The van der Waals surface area contributed by atoms with E-state index in [0.29, 0.717) is 24.7 Å². The van der Waals surface area contributed by atoms with Gasteiger partial charge in [0.05, 0.1) is 0 Å². The summed E-state index contributed by atoms with van der Waals surface area (Å²) in [7, 11) is 0. The first-order chi connectivity index (χ1) is 22.5. The van der Waals surface area contributed by atoms with Crippen LogP contribution in [0, 0.1) is 12.3 Å². The number of ketones is 2. The van der Waals surface area contributed by atoms with Crippen LogP contribution in [0.5, 0.6) is 0 Å². The summed E-state index contributed by atoms with van der Waals surface area (Å²) in [6.07, 6.45) is 32.6. The molecule has 0 bridgehead atoms. The van der Waals surface area contributed by atoms with Crippen molar-refractivity contribution >= 4 is 11.6 Å². The number of hydrogen-bond acceptors (Lipinski definition) is 2. The van der Waals surface area contributed by atoms with Gasteiger partial charge in [-0.2, -0.15) is 0 Å². The maximum absolute atomic E-state index is 12.1. The molecule has 0 amide bonds. The third-order valence-electron chi connectivity index (χ3n) is 9.91. The van der Waals surface area contributed by atoms with Crippen LogP contribution in [0.15, 0.2) is 48.5 Å². The monoisotopic (exact) mass is 630 g/mol. The predicted molar refractivity (Wildman–Crippen MR) is 200 cm³/mol. The zero-order valence-corrected chi connectivity index (χ0v) is 30.4. The largest absolute Gasteiger partial charge is 0.294 e. The van der Waals surface area contributed by atoms with Crippen molar-refractivity contribution < 1.29 is 9.59 Å². The van der Waals surface area contributed by atoms with E-state index in [9.17, 15) is 9.59 Å². The molecule has 2 heteroatoms. The number of carbonyl (C=O) groups excluding carboxylic acids is 2. The highest BCUT2D eigenvalue weighted by atomic mass is 16.1. The first-order valence-corrected chi connectivity index (χ1v) is 19.6. The first-order valence-electron chi connectivity index (χ1n) is 19.6. The molecule has 0 saturated heterocycles. The van der Waals surface area contributed by atoms with Crippen molar-refractivity contribution in [1.82, 2.24) is 0 Å². The molecule has 0 heterocycles. The Balaban J connectivity index is 1.65. The van der Waals surface area contributed by atoms with Gasteiger partial charge in [0, 0.05) is 24.0 Å². The second-order valence-corrected chi connectivity index (χ2v) is 14.0. The summed E-state index contributed by atoms with van der Waals surface area (Å²) in [6, 6.07) is 16.5. The topological polar surface area (TPSA) is 34.1 Å². The molecule has 2 aromatic carbocycles. The third kappa shape index (κ3) is 17.6. The zero-order valence-electron chi connectivity index (χ0n) is 30.4. The Hall–Kier alpha value is -2.22. The zero-order chi connectivity index (χ0) is 33.2. The highest BCUT2D eigenvalue weighted by Crippen LogP contribution is 2.29. The van der Waals surface area contributed by atoms with Crippen LogP contribution in [-0.2, 0) is 6.42 Å². The van der Waals surface area contributed by atoms with Crippen molar-refractivity contribution in [2.24, 2.45) is 5.92 Å². The molecular weight excluding hydrogens is 560 g/mol. The molecular formula is C44H69O2. The average Bonchev–Trinajstić information content (AvgIpc) is 3.08. The van der Waals surface area contributed by atoms with Gasteiger partial charge >= 0.3 is 0 Å². The van der Waals surface area contributed by atoms with Gasteiger partial charge in [0.1, 0.15) is 0 Å². The van der Waals surface area contributed by atoms with Crippen molar-refractivity contribution in [3.63, 3.8) is 0 Å². The number of hydrogen-bond donors (Lipinski definition) is 0. The van der Waals surface area contributed by atoms with E-state index >= 15 is 0 Å². The molecule has 0 aliphatic heterocycles. The maximum atomic E-state index is 12.1. The first kappa shape index (κ1) is 40.0. The van der Waals surface area contributed by atoms with Gasteiger partial charge in [-0.1, -0.05) is 198 Å². The molecule has 2 rings (SSSR count). The average molecular weight is 630 g/mol. The maximum Gasteiger partial charge on any atom is 0.162 e. The normalized spacial score (nSPS) is 12.7. The molecule has 1 radical (unpaired) electrons. The van der Waals surface area contributed by atoms with Crippen molar-refractivity contribution in [3.8, 4) is 0 Å². The highest BCUT2D eigenvalue weighted by Gasteiger charge is 2.17. The summed E-state index contributed by atoms with van der Waals surface area (Å²) in [5, 5.41) is 0. The van der Waals surface area contributed by atoms with Crippen LogP contribution in [0.2, 0.25) is 0 Å². The van der Waals surface area contributed by atoms with E-state index in [2.05, 4.69) is 44.5 Å². The molecule has 0 N–H and O–H groups in total. The third-order valence-corrected chi connectivity index (χ3v) is 9.91. The molecule has 0 aliphatic rings. The van der Waals surface area contributed by atoms with E-state index in [0.717, 1.165) is 17.5 Å². The summed E-state index contributed by atoms with van der Waals surface area (Å²) in [4.78, 5) is 24.2. The standard InChI is InChI=1S/C44H69O2/c1-5-8-9-10-11-12-13-14-15-16-17-18-19-20-21-22-23-24-25-26-39(36-38-27-29-41(30-28-38)43(45)6-2)35-37(4)40-31-33-42(34-32-40)44(46)7-3/h27-35,37,39H,5-26,36H2,1-4H3. The van der Waals surface area contributed by atoms with Crippen LogP contribution in [-0.4, -0.2) is 11.6 Å². The van der Waals surface area contributed by atoms with Crippen LogP contribution in [0.25, 0.3) is 0 Å². The van der Waals surface area contributed by atoms with E-state index in [4.69, 9.17) is 0 Å². The molecule has 0 fully saturated rings. The quantitative estimate of drug-likeness (QED) is 0.0662. The number of Topliss-reactive ketones (excluding diaryl/α,β-unsaturated/α-hetero) is 2. The van der Waals surface area contributed by atoms with Crippen LogP contribution in [0.1, 0.15) is 207 Å². The van der Waals surface area contributed by atoms with Gasteiger partial charge in [0.2, 0.25) is 0 Å². The van der Waals surface area contributed by atoms with Gasteiger partial charge in [0.15, 0.2) is 11.6 Å². The fourth-order valence-corrected chi connectivity index (χ4v) is 6.78. The lowest BCUT2D eigenvalue weighted by Crippen LogP contribution is -2.11. The van der Waals surface area contributed by atoms with E-state index in [-0.39, 0.29) is 11.6 Å². The van der Waals surface area contributed by atoms with Gasteiger partial charge in [-0.05, 0) is 42.2 Å². The second kappa shape index (κ2) is 25.8. The Labute approximate surface area is 284 Å². The Kier molecular flexibility index (Phi) is 22.4. The summed E-state index contributed by atoms with van der Waals surface area (Å²) >= 11 is 0. The van der Waals surface area contributed by atoms with Crippen LogP contribution in [0.4, 0.5) is 0 Å². The minimum Gasteiger partial charge on any atom is -0.294 e. The Morgan fingerprint density at radius 2 is 0.891 bits per heavy atom. The van der Waals surface area contributed by atoms with E-state index in [1.165, 1.54) is 140 Å². The van der Waals surface area contributed by atoms with Crippen molar-refractivity contribution in [3.05, 3.63) is 77.2 Å². The highest BCUT2D eigenvalue weighted by molar-refractivity contribution is 5.96. The predicted octanol–water partition coefficient (Wildman–Crippen LogP) is 13.9. The fraction of sp³-hybridized carbons (Fsp3) is 0.659.